The first-order valence-corrected chi connectivity index (χ1v) is 16.8. The van der Waals surface area contributed by atoms with E-state index in [4.69, 9.17) is 0 Å². The molecule has 9 rings (SSSR count). The van der Waals surface area contributed by atoms with Gasteiger partial charge in [0.1, 0.15) is 0 Å². The number of hydrogen-bond donors (Lipinski definition) is 0. The van der Waals surface area contributed by atoms with Crippen molar-refractivity contribution in [2.45, 2.75) is 18.8 Å². The zero-order valence-corrected chi connectivity index (χ0v) is 27.2. The summed E-state index contributed by atoms with van der Waals surface area (Å²) < 4.78 is 3.56. The van der Waals surface area contributed by atoms with Crippen molar-refractivity contribution in [3.05, 3.63) is 185 Å². The van der Waals surface area contributed by atoms with E-state index in [0.29, 0.717) is 0 Å². The molecular formula is C44H32BrN. The Bertz CT molecular complexity index is 2380. The second-order valence-corrected chi connectivity index (χ2v) is 13.8. The lowest BCUT2D eigenvalue weighted by molar-refractivity contribution is 0.293. The Labute approximate surface area is 278 Å². The van der Waals surface area contributed by atoms with Crippen LogP contribution in [0.2, 0.25) is 0 Å². The highest BCUT2D eigenvalue weighted by Crippen LogP contribution is 2.63. The van der Waals surface area contributed by atoms with E-state index in [0.717, 1.165) is 10.9 Å². The van der Waals surface area contributed by atoms with Gasteiger partial charge in [-0.1, -0.05) is 150 Å². The molecule has 0 N–H and O–H groups in total. The molecule has 6 aromatic carbocycles. The summed E-state index contributed by atoms with van der Waals surface area (Å²) in [5.74, 6) is 0. The minimum atomic E-state index is -0.363. The molecule has 2 aliphatic carbocycles. The Kier molecular flexibility index (Phi) is 6.14. The fraction of sp³-hybridized carbons (Fsp3) is 0.0909. The summed E-state index contributed by atoms with van der Waals surface area (Å²) in [7, 11) is 0. The second-order valence-electron chi connectivity index (χ2n) is 12.9. The van der Waals surface area contributed by atoms with Crippen molar-refractivity contribution >= 4 is 37.7 Å². The first-order chi connectivity index (χ1) is 22.6. The van der Waals surface area contributed by atoms with E-state index < -0.39 is 0 Å². The zero-order chi connectivity index (χ0) is 30.9. The highest BCUT2D eigenvalue weighted by atomic mass is 79.9. The summed E-state index contributed by atoms with van der Waals surface area (Å²) in [6, 6.07) is 51.8. The number of halogens is 1. The number of fused-ring (bicyclic) bond motifs is 6. The average Bonchev–Trinajstić information content (AvgIpc) is 3.59. The van der Waals surface area contributed by atoms with Crippen molar-refractivity contribution in [1.82, 2.24) is 4.57 Å². The number of benzene rings is 6. The van der Waals surface area contributed by atoms with Crippen LogP contribution < -0.4 is 0 Å². The summed E-state index contributed by atoms with van der Waals surface area (Å²) in [4.78, 5) is 0. The van der Waals surface area contributed by atoms with Crippen molar-refractivity contribution in [3.8, 4) is 27.9 Å². The molecular weight excluding hydrogens is 622 g/mol. The van der Waals surface area contributed by atoms with Gasteiger partial charge in [0.2, 0.25) is 0 Å². The molecule has 0 fully saturated rings. The first-order valence-electron chi connectivity index (χ1n) is 16.0. The average molecular weight is 655 g/mol. The molecule has 1 aromatic heterocycles. The third kappa shape index (κ3) is 3.80. The van der Waals surface area contributed by atoms with Crippen LogP contribution in [0.4, 0.5) is 0 Å². The molecule has 0 saturated carbocycles. The van der Waals surface area contributed by atoms with E-state index in [1.54, 1.807) is 0 Å². The van der Waals surface area contributed by atoms with Crippen LogP contribution in [-0.4, -0.2) is 4.57 Å². The van der Waals surface area contributed by atoms with Crippen molar-refractivity contribution in [2.24, 2.45) is 5.41 Å². The summed E-state index contributed by atoms with van der Waals surface area (Å²) in [6.07, 6.45) is 10.2. The topological polar surface area (TPSA) is 4.93 Å². The van der Waals surface area contributed by atoms with Gasteiger partial charge >= 0.3 is 0 Å². The van der Waals surface area contributed by atoms with Gasteiger partial charge in [-0.15, -0.1) is 0 Å². The van der Waals surface area contributed by atoms with Crippen LogP contribution in [0.15, 0.2) is 168 Å². The van der Waals surface area contributed by atoms with Gasteiger partial charge < -0.3 is 4.57 Å². The van der Waals surface area contributed by atoms with Crippen LogP contribution in [0.1, 0.15) is 30.0 Å². The summed E-state index contributed by atoms with van der Waals surface area (Å²) >= 11 is 3.68. The monoisotopic (exact) mass is 653 g/mol. The van der Waals surface area contributed by atoms with Crippen LogP contribution in [0.3, 0.4) is 0 Å². The molecule has 0 bridgehead atoms. The molecule has 0 spiro atoms. The number of para-hydroxylation sites is 1. The summed E-state index contributed by atoms with van der Waals surface area (Å²) in [5.41, 5.74) is 12.2. The maximum atomic E-state index is 3.68. The lowest BCUT2D eigenvalue weighted by Gasteiger charge is -2.48. The molecule has 1 nitrogen and oxygen atoms in total. The Hall–Kier alpha value is -4.92. The van der Waals surface area contributed by atoms with Crippen molar-refractivity contribution < 1.29 is 0 Å². The summed E-state index contributed by atoms with van der Waals surface area (Å²) in [6.45, 7) is 2.45. The molecule has 1 heterocycles. The van der Waals surface area contributed by atoms with E-state index in [1.807, 2.05) is 0 Å². The molecule has 7 aromatic rings. The van der Waals surface area contributed by atoms with Crippen LogP contribution in [0, 0.1) is 5.41 Å². The molecule has 46 heavy (non-hydrogen) atoms. The molecule has 2 aliphatic rings. The Balaban J connectivity index is 1.37. The van der Waals surface area contributed by atoms with Crippen molar-refractivity contribution in [1.29, 1.82) is 0 Å². The number of nitrogens with zero attached hydrogens (tertiary/aromatic N) is 1. The lowest BCUT2D eigenvalue weighted by Crippen LogP contribution is -2.43. The van der Waals surface area contributed by atoms with Gasteiger partial charge in [-0.25, -0.2) is 0 Å². The first kappa shape index (κ1) is 27.4. The molecule has 0 amide bonds. The van der Waals surface area contributed by atoms with E-state index in [2.05, 4.69) is 191 Å². The van der Waals surface area contributed by atoms with Gasteiger partial charge in [0.25, 0.3) is 0 Å². The van der Waals surface area contributed by atoms with Crippen LogP contribution in [-0.2, 0) is 5.41 Å². The summed E-state index contributed by atoms with van der Waals surface area (Å²) in [5, 5.41) is 2.53. The number of hydrogen-bond acceptors (Lipinski definition) is 0. The number of aromatic nitrogens is 1. The van der Waals surface area contributed by atoms with Gasteiger partial charge in [-0.05, 0) is 81.8 Å². The number of rotatable bonds is 4. The Morgan fingerprint density at radius 2 is 1.35 bits per heavy atom. The van der Waals surface area contributed by atoms with Gasteiger partial charge in [0.15, 0.2) is 0 Å². The third-order valence-corrected chi connectivity index (χ3v) is 10.9. The van der Waals surface area contributed by atoms with Crippen LogP contribution >= 0.6 is 15.9 Å². The van der Waals surface area contributed by atoms with Gasteiger partial charge in [0.05, 0.1) is 16.4 Å². The van der Waals surface area contributed by atoms with Gasteiger partial charge in [-0.3, -0.25) is 0 Å². The van der Waals surface area contributed by atoms with E-state index in [9.17, 15) is 0 Å². The standard InChI is InChI=1S/C44H32BrN/c1-43(25-10-3-11-26-43)44(32-14-4-2-5-15-32)39-19-8-6-17-35(39)36-24-22-34(29-40(36)44)46-41-20-9-7-18-37(41)38-23-21-31(28-42(38)46)30-13-12-16-33(45)27-30/h2-25,27-29H,26H2,1H3. The molecule has 0 radical (unpaired) electrons. The fourth-order valence-electron chi connectivity index (χ4n) is 8.45. The van der Waals surface area contributed by atoms with E-state index >= 15 is 0 Å². The highest BCUT2D eigenvalue weighted by Gasteiger charge is 2.55. The minimum Gasteiger partial charge on any atom is -0.309 e. The molecule has 0 saturated heterocycles. The normalized spacial score (nSPS) is 19.9. The molecule has 0 aliphatic heterocycles. The second kappa shape index (κ2) is 10.3. The molecule has 2 heteroatoms. The maximum absolute atomic E-state index is 3.68. The SMILES string of the molecule is CC1(C2(c3ccccc3)c3ccccc3-c3ccc(-n4c5ccccc5c5ccc(-c6cccc(Br)c6)cc54)cc32)C=CC=CC1. The zero-order valence-electron chi connectivity index (χ0n) is 25.6. The number of allylic oxidation sites excluding steroid dienone is 4. The largest absolute Gasteiger partial charge is 0.309 e. The lowest BCUT2D eigenvalue weighted by atomic mass is 9.54. The van der Waals surface area contributed by atoms with E-state index in [1.165, 1.54) is 66.4 Å². The predicted octanol–water partition coefficient (Wildman–Crippen LogP) is 12.1. The van der Waals surface area contributed by atoms with Gasteiger partial charge in [-0.2, -0.15) is 0 Å². The quantitative estimate of drug-likeness (QED) is 0.178. The van der Waals surface area contributed by atoms with Crippen LogP contribution in [0.5, 0.6) is 0 Å². The minimum absolute atomic E-state index is 0.169. The van der Waals surface area contributed by atoms with E-state index in [-0.39, 0.29) is 10.8 Å². The fourth-order valence-corrected chi connectivity index (χ4v) is 8.85. The molecule has 2 atom stereocenters. The van der Waals surface area contributed by atoms with Crippen molar-refractivity contribution in [3.63, 3.8) is 0 Å². The molecule has 2 unspecified atom stereocenters. The smallest absolute Gasteiger partial charge is 0.0555 e. The Morgan fingerprint density at radius 3 is 2.20 bits per heavy atom. The Morgan fingerprint density at radius 1 is 0.587 bits per heavy atom. The van der Waals surface area contributed by atoms with Crippen molar-refractivity contribution in [2.75, 3.05) is 0 Å². The highest BCUT2D eigenvalue weighted by molar-refractivity contribution is 9.10. The van der Waals surface area contributed by atoms with Gasteiger partial charge in [0, 0.05) is 26.3 Å². The van der Waals surface area contributed by atoms with Crippen LogP contribution in [0.25, 0.3) is 49.7 Å². The molecule has 220 valence electrons. The maximum Gasteiger partial charge on any atom is 0.0555 e. The predicted molar refractivity (Wildman–Crippen MR) is 197 cm³/mol. The third-order valence-electron chi connectivity index (χ3n) is 10.4.